The highest BCUT2D eigenvalue weighted by Gasteiger charge is 2.31. The molecule has 1 heterocycles. The fourth-order valence-electron chi connectivity index (χ4n) is 1.66. The summed E-state index contributed by atoms with van der Waals surface area (Å²) in [4.78, 5) is 18.5. The van der Waals surface area contributed by atoms with Gasteiger partial charge in [-0.1, -0.05) is 12.1 Å². The molecule has 0 aliphatic carbocycles. The highest BCUT2D eigenvalue weighted by Crippen LogP contribution is 2.26. The number of nitrogens with zero attached hydrogens (tertiary/aromatic N) is 1. The lowest BCUT2D eigenvalue weighted by molar-refractivity contribution is -0.274. The van der Waals surface area contributed by atoms with Crippen molar-refractivity contribution in [2.24, 2.45) is 0 Å². The van der Waals surface area contributed by atoms with Crippen LogP contribution in [0.1, 0.15) is 11.4 Å². The maximum Gasteiger partial charge on any atom is 0.573 e. The first-order valence-corrected chi connectivity index (χ1v) is 5.70. The number of nitrogens with one attached hydrogen (secondary N) is 1. The molecule has 2 aromatic rings. The van der Waals surface area contributed by atoms with Crippen LogP contribution in [0.2, 0.25) is 0 Å². The van der Waals surface area contributed by atoms with E-state index in [1.165, 1.54) is 12.1 Å². The Balaban J connectivity index is 2.46. The van der Waals surface area contributed by atoms with Crippen molar-refractivity contribution in [3.63, 3.8) is 0 Å². The number of aromatic nitrogens is 2. The first-order chi connectivity index (χ1) is 9.26. The molecule has 0 saturated heterocycles. The van der Waals surface area contributed by atoms with E-state index in [0.29, 0.717) is 11.4 Å². The van der Waals surface area contributed by atoms with Crippen LogP contribution in [-0.4, -0.2) is 16.3 Å². The molecule has 0 fully saturated rings. The highest BCUT2D eigenvalue weighted by atomic mass is 19.4. The van der Waals surface area contributed by atoms with E-state index in [9.17, 15) is 18.0 Å². The van der Waals surface area contributed by atoms with Gasteiger partial charge >= 0.3 is 6.36 Å². The molecule has 0 bridgehead atoms. The van der Waals surface area contributed by atoms with Gasteiger partial charge in [0.2, 0.25) is 0 Å². The summed E-state index contributed by atoms with van der Waals surface area (Å²) in [6, 6.07) is 5.15. The van der Waals surface area contributed by atoms with Crippen LogP contribution in [0, 0.1) is 13.8 Å². The smallest absolute Gasteiger partial charge is 0.406 e. The Morgan fingerprint density at radius 1 is 1.25 bits per heavy atom. The number of aryl methyl sites for hydroxylation is 2. The van der Waals surface area contributed by atoms with E-state index in [1.807, 2.05) is 0 Å². The Morgan fingerprint density at radius 3 is 2.60 bits per heavy atom. The molecule has 4 nitrogen and oxygen atoms in total. The molecule has 7 heteroatoms. The maximum absolute atomic E-state index is 12.2. The summed E-state index contributed by atoms with van der Waals surface area (Å²) in [6.07, 6.45) is -4.78. The molecule has 0 saturated carbocycles. The lowest BCUT2D eigenvalue weighted by atomic mass is 10.1. The second-order valence-corrected chi connectivity index (χ2v) is 4.20. The zero-order valence-corrected chi connectivity index (χ0v) is 10.7. The topological polar surface area (TPSA) is 55.0 Å². The summed E-state index contributed by atoms with van der Waals surface area (Å²) in [5.74, 6) is -0.394. The highest BCUT2D eigenvalue weighted by molar-refractivity contribution is 5.60. The van der Waals surface area contributed by atoms with Crippen molar-refractivity contribution in [3.8, 4) is 17.0 Å². The van der Waals surface area contributed by atoms with Gasteiger partial charge in [-0.2, -0.15) is 0 Å². The van der Waals surface area contributed by atoms with Crippen LogP contribution in [0.3, 0.4) is 0 Å². The average Bonchev–Trinajstić information content (AvgIpc) is 2.32. The summed E-state index contributed by atoms with van der Waals surface area (Å²) in [6.45, 7) is 3.39. The van der Waals surface area contributed by atoms with Gasteiger partial charge in [0, 0.05) is 11.3 Å². The number of hydrogen-bond acceptors (Lipinski definition) is 3. The largest absolute Gasteiger partial charge is 0.573 e. The lowest BCUT2D eigenvalue weighted by Crippen LogP contribution is -2.17. The Morgan fingerprint density at radius 2 is 1.95 bits per heavy atom. The van der Waals surface area contributed by atoms with Crippen molar-refractivity contribution in [2.45, 2.75) is 20.2 Å². The molecule has 0 unspecified atom stereocenters. The molecule has 0 atom stereocenters. The quantitative estimate of drug-likeness (QED) is 0.922. The Kier molecular flexibility index (Phi) is 3.52. The summed E-state index contributed by atoms with van der Waals surface area (Å²) in [5, 5.41) is 0. The second kappa shape index (κ2) is 4.99. The van der Waals surface area contributed by atoms with Gasteiger partial charge in [-0.25, -0.2) is 4.98 Å². The molecule has 0 spiro atoms. The molecular formula is C13H11F3N2O2. The standard InChI is InChI=1S/C13H11F3N2O2/c1-7-8(2)18-12(19)11(17-7)9-4-3-5-10(6-9)20-13(14,15)16/h3-6H,1-2H3,(H,18,19). The van der Waals surface area contributed by atoms with Crippen LogP contribution in [0.25, 0.3) is 11.3 Å². The van der Waals surface area contributed by atoms with Crippen LogP contribution in [0.4, 0.5) is 13.2 Å². The molecule has 1 N–H and O–H groups in total. The molecule has 0 aliphatic rings. The van der Waals surface area contributed by atoms with Crippen molar-refractivity contribution in [3.05, 3.63) is 46.0 Å². The molecule has 2 rings (SSSR count). The van der Waals surface area contributed by atoms with Crippen molar-refractivity contribution in [1.82, 2.24) is 9.97 Å². The number of aromatic amines is 1. The van der Waals surface area contributed by atoms with E-state index in [0.717, 1.165) is 12.1 Å². The van der Waals surface area contributed by atoms with Gasteiger partial charge in [0.05, 0.1) is 5.69 Å². The zero-order valence-electron chi connectivity index (χ0n) is 10.7. The average molecular weight is 284 g/mol. The van der Waals surface area contributed by atoms with Crippen LogP contribution in [0.5, 0.6) is 5.75 Å². The minimum absolute atomic E-state index is 0.0562. The molecule has 20 heavy (non-hydrogen) atoms. The Bertz CT molecular complexity index is 693. The van der Waals surface area contributed by atoms with Gasteiger partial charge in [-0.15, -0.1) is 13.2 Å². The molecule has 1 aromatic heterocycles. The number of alkyl halides is 3. The summed E-state index contributed by atoms with van der Waals surface area (Å²) in [5.41, 5.74) is 1.07. The molecule has 0 aliphatic heterocycles. The number of rotatable bonds is 2. The Hall–Kier alpha value is -2.31. The van der Waals surface area contributed by atoms with Crippen LogP contribution in [0.15, 0.2) is 29.1 Å². The van der Waals surface area contributed by atoms with E-state index in [2.05, 4.69) is 14.7 Å². The normalized spacial score (nSPS) is 11.4. The molecule has 106 valence electrons. The molecule has 0 radical (unpaired) electrons. The number of hydrogen-bond donors (Lipinski definition) is 1. The summed E-state index contributed by atoms with van der Waals surface area (Å²) in [7, 11) is 0. The monoisotopic (exact) mass is 284 g/mol. The van der Waals surface area contributed by atoms with Gasteiger partial charge in [0.15, 0.2) is 0 Å². The lowest BCUT2D eigenvalue weighted by Gasteiger charge is -2.10. The van der Waals surface area contributed by atoms with Crippen molar-refractivity contribution < 1.29 is 17.9 Å². The van der Waals surface area contributed by atoms with Crippen LogP contribution < -0.4 is 10.3 Å². The van der Waals surface area contributed by atoms with Gasteiger partial charge < -0.3 is 9.72 Å². The van der Waals surface area contributed by atoms with E-state index < -0.39 is 17.7 Å². The number of benzene rings is 1. The predicted molar refractivity (Wildman–Crippen MR) is 66.5 cm³/mol. The van der Waals surface area contributed by atoms with E-state index >= 15 is 0 Å². The second-order valence-electron chi connectivity index (χ2n) is 4.20. The fraction of sp³-hybridized carbons (Fsp3) is 0.231. The first kappa shape index (κ1) is 14.1. The Labute approximate surface area is 112 Å². The van der Waals surface area contributed by atoms with Crippen molar-refractivity contribution in [2.75, 3.05) is 0 Å². The first-order valence-electron chi connectivity index (χ1n) is 5.70. The minimum atomic E-state index is -4.78. The van der Waals surface area contributed by atoms with E-state index in [1.54, 1.807) is 13.8 Å². The summed E-state index contributed by atoms with van der Waals surface area (Å²) < 4.78 is 40.3. The fourth-order valence-corrected chi connectivity index (χ4v) is 1.66. The number of H-pyrrole nitrogens is 1. The third-order valence-electron chi connectivity index (χ3n) is 2.68. The summed E-state index contributed by atoms with van der Waals surface area (Å²) >= 11 is 0. The van der Waals surface area contributed by atoms with Gasteiger partial charge in [0.1, 0.15) is 11.4 Å². The predicted octanol–water partition coefficient (Wildman–Crippen LogP) is 2.95. The number of halogens is 3. The van der Waals surface area contributed by atoms with Crippen molar-refractivity contribution >= 4 is 0 Å². The van der Waals surface area contributed by atoms with E-state index in [4.69, 9.17) is 0 Å². The van der Waals surface area contributed by atoms with Gasteiger partial charge in [-0.05, 0) is 26.0 Å². The third-order valence-corrected chi connectivity index (χ3v) is 2.68. The molecule has 0 amide bonds. The zero-order chi connectivity index (χ0) is 14.9. The molecule has 1 aromatic carbocycles. The maximum atomic E-state index is 12.2. The van der Waals surface area contributed by atoms with Crippen LogP contribution >= 0.6 is 0 Å². The van der Waals surface area contributed by atoms with Gasteiger partial charge in [-0.3, -0.25) is 4.79 Å². The minimum Gasteiger partial charge on any atom is -0.406 e. The van der Waals surface area contributed by atoms with Crippen molar-refractivity contribution in [1.29, 1.82) is 0 Å². The van der Waals surface area contributed by atoms with E-state index in [-0.39, 0.29) is 11.3 Å². The van der Waals surface area contributed by atoms with Gasteiger partial charge in [0.25, 0.3) is 5.56 Å². The van der Waals surface area contributed by atoms with Crippen LogP contribution in [-0.2, 0) is 0 Å². The molecular weight excluding hydrogens is 273 g/mol. The number of ether oxygens (including phenoxy) is 1. The third kappa shape index (κ3) is 3.17. The SMILES string of the molecule is Cc1nc(-c2cccc(OC(F)(F)F)c2)c(=O)[nH]c1C.